The Morgan fingerprint density at radius 3 is 2.27 bits per heavy atom. The van der Waals surface area contributed by atoms with Crippen LogP contribution in [0.5, 0.6) is 17.2 Å². The quantitative estimate of drug-likeness (QED) is 0.325. The minimum absolute atomic E-state index is 0.0540. The van der Waals surface area contributed by atoms with Gasteiger partial charge in [0, 0.05) is 11.5 Å². The lowest BCUT2D eigenvalue weighted by Gasteiger charge is -2.36. The van der Waals surface area contributed by atoms with Gasteiger partial charge in [-0.25, -0.2) is 0 Å². The van der Waals surface area contributed by atoms with Gasteiger partial charge in [0.25, 0.3) is 0 Å². The van der Waals surface area contributed by atoms with Crippen LogP contribution in [-0.2, 0) is 0 Å². The summed E-state index contributed by atoms with van der Waals surface area (Å²) in [5, 5.41) is 0. The predicted octanol–water partition coefficient (Wildman–Crippen LogP) is 7.23. The van der Waals surface area contributed by atoms with Gasteiger partial charge < -0.3 is 14.2 Å². The molecule has 1 fully saturated rings. The van der Waals surface area contributed by atoms with E-state index in [4.69, 9.17) is 14.2 Å². The molecule has 160 valence electrons. The largest absolute Gasteiger partial charge is 0.494 e. The second kappa shape index (κ2) is 9.59. The fourth-order valence-electron chi connectivity index (χ4n) is 4.66. The molecule has 0 aromatic heterocycles. The lowest BCUT2D eigenvalue weighted by Crippen LogP contribution is -2.26. The molecular formula is C27H34O3. The first-order chi connectivity index (χ1) is 14.7. The van der Waals surface area contributed by atoms with Crippen molar-refractivity contribution in [2.24, 2.45) is 5.92 Å². The number of fused-ring (bicyclic) bond motifs is 3. The molecule has 0 unspecified atom stereocenters. The number of ether oxygens (including phenoxy) is 3. The molecule has 3 heteroatoms. The highest BCUT2D eigenvalue weighted by atomic mass is 16.5. The standard InChI is InChI=1S/C27H34O3/c1-4-6-14-28-21-10-8-20(9-11-21)27-25-17-19(3)16-23(25)24-18-22(29-15-7-5-2)12-13-26(24)30-27/h8-13,18,23,25,27H,3-7,14-17H2,1-2H3/t23-,25-,27-/m0/s1. The zero-order chi connectivity index (χ0) is 20.9. The van der Waals surface area contributed by atoms with Crippen LogP contribution >= 0.6 is 0 Å². The van der Waals surface area contributed by atoms with Crippen molar-refractivity contribution in [3.05, 3.63) is 65.7 Å². The summed E-state index contributed by atoms with van der Waals surface area (Å²) in [6, 6.07) is 14.8. The number of hydrogen-bond donors (Lipinski definition) is 0. The van der Waals surface area contributed by atoms with Crippen molar-refractivity contribution in [1.29, 1.82) is 0 Å². The van der Waals surface area contributed by atoms with E-state index in [2.05, 4.69) is 56.8 Å². The van der Waals surface area contributed by atoms with Crippen LogP contribution in [0.3, 0.4) is 0 Å². The van der Waals surface area contributed by atoms with E-state index in [-0.39, 0.29) is 6.10 Å². The van der Waals surface area contributed by atoms with Crippen LogP contribution in [0.2, 0.25) is 0 Å². The number of benzene rings is 2. The Hall–Kier alpha value is -2.42. The summed E-state index contributed by atoms with van der Waals surface area (Å²) in [4.78, 5) is 0. The first kappa shape index (κ1) is 20.8. The second-order valence-electron chi connectivity index (χ2n) is 8.64. The van der Waals surface area contributed by atoms with Gasteiger partial charge in [-0.2, -0.15) is 0 Å². The van der Waals surface area contributed by atoms with Crippen LogP contribution in [0.4, 0.5) is 0 Å². The highest BCUT2D eigenvalue weighted by Crippen LogP contribution is 2.55. The Bertz CT molecular complexity index is 855. The summed E-state index contributed by atoms with van der Waals surface area (Å²) in [6.07, 6.45) is 6.56. The second-order valence-corrected chi connectivity index (χ2v) is 8.64. The van der Waals surface area contributed by atoms with Gasteiger partial charge in [0.15, 0.2) is 0 Å². The normalized spacial score (nSPS) is 22.2. The topological polar surface area (TPSA) is 27.7 Å². The van der Waals surface area contributed by atoms with E-state index in [0.29, 0.717) is 11.8 Å². The van der Waals surface area contributed by atoms with Gasteiger partial charge in [-0.05, 0) is 67.5 Å². The van der Waals surface area contributed by atoms with Gasteiger partial charge in [0.2, 0.25) is 0 Å². The fraction of sp³-hybridized carbons (Fsp3) is 0.481. The minimum Gasteiger partial charge on any atom is -0.494 e. The van der Waals surface area contributed by atoms with Crippen molar-refractivity contribution in [2.75, 3.05) is 13.2 Å². The van der Waals surface area contributed by atoms with Crippen LogP contribution in [0, 0.1) is 5.92 Å². The Morgan fingerprint density at radius 2 is 1.57 bits per heavy atom. The molecule has 1 saturated carbocycles. The molecule has 2 aromatic carbocycles. The Morgan fingerprint density at radius 1 is 0.900 bits per heavy atom. The van der Waals surface area contributed by atoms with Crippen molar-refractivity contribution in [3.8, 4) is 17.2 Å². The summed E-state index contributed by atoms with van der Waals surface area (Å²) in [6.45, 7) is 10.2. The fourth-order valence-corrected chi connectivity index (χ4v) is 4.66. The SMILES string of the molecule is C=C1C[C@H]2[C@@H](C1)c1cc(OCCCC)ccc1O[C@H]2c1ccc(OCCCC)cc1. The van der Waals surface area contributed by atoms with E-state index in [1.165, 1.54) is 16.7 Å². The number of allylic oxidation sites excluding steroid dienone is 1. The van der Waals surface area contributed by atoms with E-state index in [9.17, 15) is 0 Å². The average molecular weight is 407 g/mol. The molecule has 2 aromatic rings. The summed E-state index contributed by atoms with van der Waals surface area (Å²) in [5.41, 5.74) is 3.82. The van der Waals surface area contributed by atoms with Gasteiger partial charge in [-0.15, -0.1) is 0 Å². The van der Waals surface area contributed by atoms with Crippen LogP contribution in [0.15, 0.2) is 54.6 Å². The Balaban J connectivity index is 1.54. The van der Waals surface area contributed by atoms with Gasteiger partial charge in [0.05, 0.1) is 13.2 Å². The highest BCUT2D eigenvalue weighted by Gasteiger charge is 2.43. The molecule has 0 radical (unpaired) electrons. The zero-order valence-electron chi connectivity index (χ0n) is 18.4. The lowest BCUT2D eigenvalue weighted by atomic mass is 9.80. The zero-order valence-corrected chi connectivity index (χ0v) is 18.4. The van der Waals surface area contributed by atoms with Crippen molar-refractivity contribution in [1.82, 2.24) is 0 Å². The summed E-state index contributed by atoms with van der Waals surface area (Å²) in [7, 11) is 0. The third-order valence-electron chi connectivity index (χ3n) is 6.32. The highest BCUT2D eigenvalue weighted by molar-refractivity contribution is 5.47. The third kappa shape index (κ3) is 4.50. The van der Waals surface area contributed by atoms with E-state index in [1.54, 1.807) is 0 Å². The van der Waals surface area contributed by atoms with Crippen molar-refractivity contribution in [2.45, 2.75) is 64.4 Å². The predicted molar refractivity (Wildman–Crippen MR) is 122 cm³/mol. The van der Waals surface area contributed by atoms with E-state index >= 15 is 0 Å². The molecule has 0 saturated heterocycles. The average Bonchev–Trinajstić information content (AvgIpc) is 3.16. The maximum absolute atomic E-state index is 6.56. The van der Waals surface area contributed by atoms with Crippen molar-refractivity contribution >= 4 is 0 Å². The molecule has 3 nitrogen and oxygen atoms in total. The number of unbranched alkanes of at least 4 members (excludes halogenated alkanes) is 2. The van der Waals surface area contributed by atoms with E-state index in [0.717, 1.165) is 69.0 Å². The van der Waals surface area contributed by atoms with Crippen LogP contribution < -0.4 is 14.2 Å². The van der Waals surface area contributed by atoms with Gasteiger partial charge in [0.1, 0.15) is 23.4 Å². The molecule has 0 bridgehead atoms. The molecule has 2 aliphatic rings. The summed E-state index contributed by atoms with van der Waals surface area (Å²) < 4.78 is 18.4. The summed E-state index contributed by atoms with van der Waals surface area (Å²) in [5.74, 6) is 3.74. The molecule has 30 heavy (non-hydrogen) atoms. The maximum atomic E-state index is 6.56. The molecule has 0 N–H and O–H groups in total. The molecule has 1 aliphatic heterocycles. The first-order valence-electron chi connectivity index (χ1n) is 11.5. The van der Waals surface area contributed by atoms with Gasteiger partial charge in [-0.1, -0.05) is 51.0 Å². The first-order valence-corrected chi connectivity index (χ1v) is 11.5. The van der Waals surface area contributed by atoms with Crippen LogP contribution in [-0.4, -0.2) is 13.2 Å². The van der Waals surface area contributed by atoms with Gasteiger partial charge >= 0.3 is 0 Å². The Kier molecular flexibility index (Phi) is 6.66. The number of hydrogen-bond acceptors (Lipinski definition) is 3. The summed E-state index contributed by atoms with van der Waals surface area (Å²) >= 11 is 0. The van der Waals surface area contributed by atoms with Crippen molar-refractivity contribution in [3.63, 3.8) is 0 Å². The number of rotatable bonds is 9. The van der Waals surface area contributed by atoms with E-state index < -0.39 is 0 Å². The monoisotopic (exact) mass is 406 g/mol. The molecule has 0 amide bonds. The Labute approximate surface area is 181 Å². The van der Waals surface area contributed by atoms with Gasteiger partial charge in [-0.3, -0.25) is 0 Å². The van der Waals surface area contributed by atoms with E-state index in [1.807, 2.05) is 6.07 Å². The molecule has 0 spiro atoms. The molecule has 1 heterocycles. The molecule has 1 aliphatic carbocycles. The molecule has 4 rings (SSSR count). The minimum atomic E-state index is 0.0540. The smallest absolute Gasteiger partial charge is 0.127 e. The maximum Gasteiger partial charge on any atom is 0.127 e. The lowest BCUT2D eigenvalue weighted by molar-refractivity contribution is 0.105. The van der Waals surface area contributed by atoms with Crippen molar-refractivity contribution < 1.29 is 14.2 Å². The third-order valence-corrected chi connectivity index (χ3v) is 6.32. The molecular weight excluding hydrogens is 372 g/mol. The van der Waals surface area contributed by atoms with Crippen LogP contribution in [0.1, 0.15) is 75.5 Å². The van der Waals surface area contributed by atoms with Crippen LogP contribution in [0.25, 0.3) is 0 Å². The molecule has 3 atom stereocenters.